The van der Waals surface area contributed by atoms with E-state index in [1.807, 2.05) is 19.2 Å². The van der Waals surface area contributed by atoms with Gasteiger partial charge in [0.2, 0.25) is 5.91 Å². The van der Waals surface area contributed by atoms with Crippen molar-refractivity contribution in [3.8, 4) is 5.75 Å². The number of likely N-dealkylation sites (N-methyl/N-ethyl adjacent to an activating group) is 1. The first-order valence-electron chi connectivity index (χ1n) is 8.81. The highest BCUT2D eigenvalue weighted by atomic mass is 16.5. The van der Waals surface area contributed by atoms with Crippen LogP contribution in [-0.2, 0) is 11.2 Å². The lowest BCUT2D eigenvalue weighted by atomic mass is 10.1. The summed E-state index contributed by atoms with van der Waals surface area (Å²) in [4.78, 5) is 14.4. The molecule has 0 radical (unpaired) electrons. The number of carbonyl (C=O) groups is 1. The molecule has 1 aromatic rings. The van der Waals surface area contributed by atoms with Gasteiger partial charge in [-0.2, -0.15) is 0 Å². The molecule has 0 spiro atoms. The molecular formula is C19H30N2O2. The van der Waals surface area contributed by atoms with E-state index >= 15 is 0 Å². The molecule has 1 fully saturated rings. The molecule has 1 aliphatic heterocycles. The van der Waals surface area contributed by atoms with Gasteiger partial charge in [0, 0.05) is 25.6 Å². The van der Waals surface area contributed by atoms with Gasteiger partial charge in [-0.3, -0.25) is 4.79 Å². The van der Waals surface area contributed by atoms with Crippen LogP contribution in [0.15, 0.2) is 24.3 Å². The van der Waals surface area contributed by atoms with Crippen LogP contribution in [0, 0.1) is 0 Å². The maximum absolute atomic E-state index is 12.3. The maximum Gasteiger partial charge on any atom is 0.222 e. The van der Waals surface area contributed by atoms with Crippen molar-refractivity contribution in [1.29, 1.82) is 0 Å². The third kappa shape index (κ3) is 5.54. The average Bonchev–Trinajstić information content (AvgIpc) is 3.04. The molecule has 0 saturated carbocycles. The van der Waals surface area contributed by atoms with Crippen LogP contribution in [0.5, 0.6) is 5.75 Å². The van der Waals surface area contributed by atoms with Gasteiger partial charge < -0.3 is 15.0 Å². The Labute approximate surface area is 140 Å². The van der Waals surface area contributed by atoms with E-state index in [4.69, 9.17) is 4.74 Å². The zero-order valence-corrected chi connectivity index (χ0v) is 14.5. The molecule has 1 saturated heterocycles. The van der Waals surface area contributed by atoms with Gasteiger partial charge >= 0.3 is 0 Å². The van der Waals surface area contributed by atoms with Crippen molar-refractivity contribution in [1.82, 2.24) is 10.2 Å². The molecule has 128 valence electrons. The summed E-state index contributed by atoms with van der Waals surface area (Å²) in [5.41, 5.74) is 1.34. The van der Waals surface area contributed by atoms with Gasteiger partial charge in [-0.15, -0.1) is 0 Å². The standard InChI is InChI=1S/C19H30N2O2/c1-20-15-17-8-6-14-21(17)19(22)9-5-3-4-7-16-10-12-18(23-2)13-11-16/h10-13,17,20H,3-9,14-15H2,1-2H3. The molecule has 1 aliphatic rings. The molecule has 1 N–H and O–H groups in total. The van der Waals surface area contributed by atoms with Crippen molar-refractivity contribution in [3.63, 3.8) is 0 Å². The summed E-state index contributed by atoms with van der Waals surface area (Å²) in [6, 6.07) is 8.67. The molecule has 23 heavy (non-hydrogen) atoms. The lowest BCUT2D eigenvalue weighted by Crippen LogP contribution is -2.40. The number of aryl methyl sites for hydroxylation is 1. The van der Waals surface area contributed by atoms with Crippen molar-refractivity contribution in [3.05, 3.63) is 29.8 Å². The van der Waals surface area contributed by atoms with Gasteiger partial charge in [0.05, 0.1) is 7.11 Å². The highest BCUT2D eigenvalue weighted by Crippen LogP contribution is 2.19. The van der Waals surface area contributed by atoms with Crippen LogP contribution in [0.4, 0.5) is 0 Å². The molecule has 4 heteroatoms. The van der Waals surface area contributed by atoms with E-state index in [-0.39, 0.29) is 0 Å². The van der Waals surface area contributed by atoms with E-state index in [1.54, 1.807) is 7.11 Å². The second-order valence-corrected chi connectivity index (χ2v) is 6.35. The van der Waals surface area contributed by atoms with Gasteiger partial charge in [-0.25, -0.2) is 0 Å². The number of benzene rings is 1. The van der Waals surface area contributed by atoms with E-state index in [2.05, 4.69) is 22.3 Å². The molecule has 1 atom stereocenters. The molecule has 0 aromatic heterocycles. The first kappa shape index (κ1) is 17.8. The summed E-state index contributed by atoms with van der Waals surface area (Å²) < 4.78 is 5.17. The van der Waals surface area contributed by atoms with Crippen LogP contribution in [0.3, 0.4) is 0 Å². The Kier molecular flexibility index (Phi) is 7.40. The number of carbonyl (C=O) groups excluding carboxylic acids is 1. The minimum absolute atomic E-state index is 0.340. The minimum Gasteiger partial charge on any atom is -0.497 e. The summed E-state index contributed by atoms with van der Waals surface area (Å²) in [7, 11) is 3.65. The SMILES string of the molecule is CNCC1CCCN1C(=O)CCCCCc1ccc(OC)cc1. The Hall–Kier alpha value is -1.55. The van der Waals surface area contributed by atoms with Crippen LogP contribution < -0.4 is 10.1 Å². The predicted octanol–water partition coefficient (Wildman–Crippen LogP) is 3.01. The number of hydrogen-bond acceptors (Lipinski definition) is 3. The molecule has 0 aliphatic carbocycles. The first-order valence-corrected chi connectivity index (χ1v) is 8.81. The summed E-state index contributed by atoms with van der Waals surface area (Å²) in [6.45, 7) is 1.86. The van der Waals surface area contributed by atoms with Crippen molar-refractivity contribution in [2.45, 2.75) is 51.0 Å². The quantitative estimate of drug-likeness (QED) is 0.712. The molecule has 1 heterocycles. The summed E-state index contributed by atoms with van der Waals surface area (Å²) in [5.74, 6) is 1.24. The third-order valence-corrected chi connectivity index (χ3v) is 4.65. The lowest BCUT2D eigenvalue weighted by molar-refractivity contribution is -0.132. The minimum atomic E-state index is 0.340. The Bertz CT molecular complexity index is 473. The number of nitrogens with one attached hydrogen (secondary N) is 1. The Morgan fingerprint density at radius 1 is 1.26 bits per heavy atom. The normalized spacial score (nSPS) is 17.5. The second kappa shape index (κ2) is 9.56. The predicted molar refractivity (Wildman–Crippen MR) is 93.8 cm³/mol. The van der Waals surface area contributed by atoms with Gasteiger partial charge in [-0.05, 0) is 56.8 Å². The van der Waals surface area contributed by atoms with Gasteiger partial charge in [0.1, 0.15) is 5.75 Å². The fraction of sp³-hybridized carbons (Fsp3) is 0.632. The van der Waals surface area contributed by atoms with Crippen LogP contribution in [0.25, 0.3) is 0 Å². The smallest absolute Gasteiger partial charge is 0.222 e. The molecule has 1 aromatic carbocycles. The largest absolute Gasteiger partial charge is 0.497 e. The number of rotatable bonds is 9. The molecule has 4 nitrogen and oxygen atoms in total. The van der Waals surface area contributed by atoms with Crippen molar-refractivity contribution in [2.75, 3.05) is 27.2 Å². The van der Waals surface area contributed by atoms with Crippen molar-refractivity contribution in [2.24, 2.45) is 0 Å². The van der Waals surface area contributed by atoms with Crippen molar-refractivity contribution >= 4 is 5.91 Å². The van der Waals surface area contributed by atoms with Crippen LogP contribution in [0.1, 0.15) is 44.1 Å². The Morgan fingerprint density at radius 2 is 2.04 bits per heavy atom. The number of nitrogens with zero attached hydrogens (tertiary/aromatic N) is 1. The van der Waals surface area contributed by atoms with E-state index < -0.39 is 0 Å². The molecule has 1 unspecified atom stereocenters. The average molecular weight is 318 g/mol. The van der Waals surface area contributed by atoms with Crippen LogP contribution in [-0.4, -0.2) is 44.1 Å². The number of amides is 1. The van der Waals surface area contributed by atoms with Crippen molar-refractivity contribution < 1.29 is 9.53 Å². The fourth-order valence-electron chi connectivity index (χ4n) is 3.33. The monoisotopic (exact) mass is 318 g/mol. The summed E-state index contributed by atoms with van der Waals surface area (Å²) in [5, 5.41) is 3.19. The van der Waals surface area contributed by atoms with Gasteiger partial charge in [-0.1, -0.05) is 18.6 Å². The summed E-state index contributed by atoms with van der Waals surface area (Å²) in [6.07, 6.45) is 7.31. The molecule has 0 bridgehead atoms. The van der Waals surface area contributed by atoms with E-state index in [0.29, 0.717) is 18.4 Å². The highest BCUT2D eigenvalue weighted by Gasteiger charge is 2.27. The number of methoxy groups -OCH3 is 1. The van der Waals surface area contributed by atoms with E-state index in [0.717, 1.165) is 57.4 Å². The molecule has 1 amide bonds. The lowest BCUT2D eigenvalue weighted by Gasteiger charge is -2.24. The topological polar surface area (TPSA) is 41.6 Å². The van der Waals surface area contributed by atoms with E-state index in [1.165, 1.54) is 5.56 Å². The third-order valence-electron chi connectivity index (χ3n) is 4.65. The number of unbranched alkanes of at least 4 members (excludes halogenated alkanes) is 2. The van der Waals surface area contributed by atoms with Gasteiger partial charge in [0.25, 0.3) is 0 Å². The highest BCUT2D eigenvalue weighted by molar-refractivity contribution is 5.76. The van der Waals surface area contributed by atoms with Crippen LogP contribution >= 0.6 is 0 Å². The zero-order valence-electron chi connectivity index (χ0n) is 14.5. The Balaban J connectivity index is 1.62. The molecular weight excluding hydrogens is 288 g/mol. The number of likely N-dealkylation sites (tertiary alicyclic amines) is 1. The maximum atomic E-state index is 12.3. The summed E-state index contributed by atoms with van der Waals surface area (Å²) >= 11 is 0. The molecule has 2 rings (SSSR count). The fourth-order valence-corrected chi connectivity index (χ4v) is 3.33. The zero-order chi connectivity index (χ0) is 16.5. The second-order valence-electron chi connectivity index (χ2n) is 6.35. The number of ether oxygens (including phenoxy) is 1. The van der Waals surface area contributed by atoms with Gasteiger partial charge in [0.15, 0.2) is 0 Å². The first-order chi connectivity index (χ1) is 11.2. The number of hydrogen-bond donors (Lipinski definition) is 1. The van der Waals surface area contributed by atoms with E-state index in [9.17, 15) is 4.79 Å². The Morgan fingerprint density at radius 3 is 2.74 bits per heavy atom. The van der Waals surface area contributed by atoms with Crippen LogP contribution in [0.2, 0.25) is 0 Å².